The molecular weight excluding hydrogens is 224 g/mol. The number of carbonyl (C=O) groups excluding carboxylic acids is 1. The number of carboxylic acids is 1. The third kappa shape index (κ3) is 2.76. The normalized spacial score (nSPS) is 31.9. The van der Waals surface area contributed by atoms with Crippen LogP contribution in [-0.4, -0.2) is 40.3 Å². The maximum atomic E-state index is 12.0. The molecule has 0 saturated heterocycles. The number of hydrogen-bond donors (Lipinski definition) is 4. The zero-order valence-corrected chi connectivity index (χ0v) is 10.2. The van der Waals surface area contributed by atoms with Gasteiger partial charge in [0.05, 0.1) is 12.0 Å². The molecule has 98 valence electrons. The highest BCUT2D eigenvalue weighted by atomic mass is 16.4. The largest absolute Gasteiger partial charge is 0.479 e. The van der Waals surface area contributed by atoms with Crippen LogP contribution >= 0.6 is 0 Å². The van der Waals surface area contributed by atoms with E-state index in [0.717, 1.165) is 19.8 Å². The van der Waals surface area contributed by atoms with Crippen molar-refractivity contribution >= 4 is 11.9 Å². The van der Waals surface area contributed by atoms with Crippen molar-refractivity contribution in [1.29, 1.82) is 0 Å². The van der Waals surface area contributed by atoms with Gasteiger partial charge in [-0.05, 0) is 26.7 Å². The first kappa shape index (κ1) is 13.9. The molecule has 0 aromatic heterocycles. The predicted octanol–water partition coefficient (Wildman–Crippen LogP) is -0.544. The maximum Gasteiger partial charge on any atom is 0.337 e. The van der Waals surface area contributed by atoms with Gasteiger partial charge in [-0.25, -0.2) is 4.79 Å². The van der Waals surface area contributed by atoms with Crippen molar-refractivity contribution < 1.29 is 19.8 Å². The fourth-order valence-electron chi connectivity index (χ4n) is 2.01. The van der Waals surface area contributed by atoms with Crippen LogP contribution in [0.3, 0.4) is 0 Å². The fourth-order valence-corrected chi connectivity index (χ4v) is 2.01. The Morgan fingerprint density at radius 2 is 2.18 bits per heavy atom. The highest BCUT2D eigenvalue weighted by Crippen LogP contribution is 2.36. The van der Waals surface area contributed by atoms with Gasteiger partial charge in [-0.3, -0.25) is 4.79 Å². The number of rotatable bonds is 4. The first-order valence-corrected chi connectivity index (χ1v) is 5.70. The first-order chi connectivity index (χ1) is 7.70. The Morgan fingerprint density at radius 1 is 1.59 bits per heavy atom. The van der Waals surface area contributed by atoms with E-state index in [1.54, 1.807) is 6.92 Å². The van der Waals surface area contributed by atoms with Crippen LogP contribution in [0.4, 0.5) is 0 Å². The second-order valence-electron chi connectivity index (χ2n) is 5.18. The summed E-state index contributed by atoms with van der Waals surface area (Å²) in [5.74, 6) is -1.65. The zero-order valence-electron chi connectivity index (χ0n) is 10.2. The van der Waals surface area contributed by atoms with Crippen molar-refractivity contribution in [3.63, 3.8) is 0 Å². The summed E-state index contributed by atoms with van der Waals surface area (Å²) in [6.07, 6.45) is 2.37. The van der Waals surface area contributed by atoms with Crippen LogP contribution in [-0.2, 0) is 9.59 Å². The Balaban J connectivity index is 2.59. The molecule has 5 N–H and O–H groups in total. The van der Waals surface area contributed by atoms with Crippen molar-refractivity contribution in [3.8, 4) is 0 Å². The van der Waals surface area contributed by atoms with Crippen molar-refractivity contribution in [3.05, 3.63) is 0 Å². The van der Waals surface area contributed by atoms with Crippen LogP contribution in [0.2, 0.25) is 0 Å². The summed E-state index contributed by atoms with van der Waals surface area (Å²) in [4.78, 5) is 22.6. The Kier molecular flexibility index (Phi) is 3.78. The van der Waals surface area contributed by atoms with Gasteiger partial charge in [0.1, 0.15) is 0 Å². The molecule has 17 heavy (non-hydrogen) atoms. The number of nitrogens with one attached hydrogen (secondary N) is 1. The Hall–Kier alpha value is -1.14. The highest BCUT2D eigenvalue weighted by molar-refractivity contribution is 5.84. The number of aliphatic carboxylic acids is 1. The fraction of sp³-hybridized carbons (Fsp3) is 0.818. The molecule has 1 fully saturated rings. The van der Waals surface area contributed by atoms with Crippen molar-refractivity contribution in [2.45, 2.75) is 44.8 Å². The summed E-state index contributed by atoms with van der Waals surface area (Å²) >= 11 is 0. The molecule has 1 aliphatic carbocycles. The lowest BCUT2D eigenvalue weighted by Crippen LogP contribution is -2.53. The molecule has 0 bridgehead atoms. The van der Waals surface area contributed by atoms with Gasteiger partial charge >= 0.3 is 5.97 Å². The highest BCUT2D eigenvalue weighted by Gasteiger charge is 2.43. The van der Waals surface area contributed by atoms with Gasteiger partial charge in [0, 0.05) is 6.04 Å². The van der Waals surface area contributed by atoms with E-state index in [9.17, 15) is 14.7 Å². The minimum absolute atomic E-state index is 0.211. The number of amides is 1. The summed E-state index contributed by atoms with van der Waals surface area (Å²) < 4.78 is 0. The minimum atomic E-state index is -1.95. The quantitative estimate of drug-likeness (QED) is 0.530. The topological polar surface area (TPSA) is 113 Å². The Bertz CT molecular complexity index is 329. The van der Waals surface area contributed by atoms with Crippen LogP contribution in [0, 0.1) is 5.41 Å². The van der Waals surface area contributed by atoms with E-state index in [4.69, 9.17) is 10.8 Å². The molecule has 0 aromatic rings. The second kappa shape index (κ2) is 4.62. The lowest BCUT2D eigenvalue weighted by atomic mass is 9.84. The van der Waals surface area contributed by atoms with E-state index < -0.39 is 17.0 Å². The molecule has 0 radical (unpaired) electrons. The summed E-state index contributed by atoms with van der Waals surface area (Å²) in [6.45, 7) is 2.60. The van der Waals surface area contributed by atoms with E-state index in [1.807, 2.05) is 0 Å². The summed E-state index contributed by atoms with van der Waals surface area (Å²) in [5, 5.41) is 20.7. The van der Waals surface area contributed by atoms with Gasteiger partial charge in [-0.15, -0.1) is 0 Å². The molecule has 1 rings (SSSR count). The van der Waals surface area contributed by atoms with E-state index in [1.165, 1.54) is 0 Å². The summed E-state index contributed by atoms with van der Waals surface area (Å²) in [7, 11) is 0. The van der Waals surface area contributed by atoms with E-state index in [0.29, 0.717) is 6.42 Å². The van der Waals surface area contributed by atoms with Gasteiger partial charge in [0.2, 0.25) is 5.91 Å². The Labute approximate surface area is 100 Å². The lowest BCUT2D eigenvalue weighted by molar-refractivity contribution is -0.156. The second-order valence-corrected chi connectivity index (χ2v) is 5.18. The molecule has 3 unspecified atom stereocenters. The van der Waals surface area contributed by atoms with Crippen LogP contribution in [0.25, 0.3) is 0 Å². The third-order valence-electron chi connectivity index (χ3n) is 3.60. The molecule has 3 atom stereocenters. The lowest BCUT2D eigenvalue weighted by Gasteiger charge is -2.29. The van der Waals surface area contributed by atoms with Gasteiger partial charge in [0.25, 0.3) is 0 Å². The van der Waals surface area contributed by atoms with Crippen LogP contribution in [0.15, 0.2) is 0 Å². The molecule has 0 heterocycles. The van der Waals surface area contributed by atoms with Crippen molar-refractivity contribution in [2.75, 3.05) is 6.54 Å². The van der Waals surface area contributed by atoms with Gasteiger partial charge in [0.15, 0.2) is 5.60 Å². The van der Waals surface area contributed by atoms with E-state index in [-0.39, 0.29) is 18.5 Å². The van der Waals surface area contributed by atoms with Gasteiger partial charge in [-0.2, -0.15) is 0 Å². The SMILES string of the molecule is CC(O)(CNC(=O)C1(C)CCCC1N)C(=O)O. The van der Waals surface area contributed by atoms with E-state index >= 15 is 0 Å². The molecular formula is C11H20N2O4. The molecule has 1 aliphatic rings. The molecule has 6 heteroatoms. The number of carboxylic acid groups (broad SMARTS) is 1. The number of aliphatic hydroxyl groups is 1. The third-order valence-corrected chi connectivity index (χ3v) is 3.60. The number of hydrogen-bond acceptors (Lipinski definition) is 4. The van der Waals surface area contributed by atoms with Crippen LogP contribution in [0.1, 0.15) is 33.1 Å². The number of nitrogens with two attached hydrogens (primary N) is 1. The summed E-state index contributed by atoms with van der Waals surface area (Å²) in [5.41, 5.74) is 3.27. The van der Waals surface area contributed by atoms with Crippen LogP contribution < -0.4 is 11.1 Å². The average molecular weight is 244 g/mol. The zero-order chi connectivity index (χ0) is 13.3. The molecule has 6 nitrogen and oxygen atoms in total. The molecule has 0 spiro atoms. The van der Waals surface area contributed by atoms with Crippen molar-refractivity contribution in [2.24, 2.45) is 11.1 Å². The first-order valence-electron chi connectivity index (χ1n) is 5.70. The molecule has 0 aliphatic heterocycles. The monoisotopic (exact) mass is 244 g/mol. The summed E-state index contributed by atoms with van der Waals surface area (Å²) in [6, 6.07) is -0.211. The Morgan fingerprint density at radius 3 is 2.59 bits per heavy atom. The molecule has 1 saturated carbocycles. The molecule has 0 aromatic carbocycles. The van der Waals surface area contributed by atoms with Crippen molar-refractivity contribution in [1.82, 2.24) is 5.32 Å². The number of carbonyl (C=O) groups is 2. The average Bonchev–Trinajstić information content (AvgIpc) is 2.57. The van der Waals surface area contributed by atoms with Crippen LogP contribution in [0.5, 0.6) is 0 Å². The van der Waals surface area contributed by atoms with Gasteiger partial charge < -0.3 is 21.3 Å². The smallest absolute Gasteiger partial charge is 0.337 e. The standard InChI is InChI=1S/C11H20N2O4/c1-10(5-3-4-7(10)12)8(14)13-6-11(2,17)9(15)16/h7,17H,3-6,12H2,1-2H3,(H,13,14)(H,15,16). The maximum absolute atomic E-state index is 12.0. The van der Waals surface area contributed by atoms with E-state index in [2.05, 4.69) is 5.32 Å². The minimum Gasteiger partial charge on any atom is -0.479 e. The molecule has 1 amide bonds. The predicted molar refractivity (Wildman–Crippen MR) is 61.2 cm³/mol. The van der Waals surface area contributed by atoms with Gasteiger partial charge in [-0.1, -0.05) is 6.42 Å².